The van der Waals surface area contributed by atoms with Crippen molar-refractivity contribution in [2.24, 2.45) is 29.6 Å². The second-order valence-corrected chi connectivity index (χ2v) is 17.7. The summed E-state index contributed by atoms with van der Waals surface area (Å²) in [5, 5.41) is 21.4. The Kier molecular flexibility index (Phi) is 22.0. The largest absolute Gasteiger partial charge is 0.460 e. The molecule has 0 unspecified atom stereocenters. The number of amides is 4. The number of carbonyl (C=O) groups excluding carboxylic acids is 5. The van der Waals surface area contributed by atoms with Gasteiger partial charge in [-0.15, -0.1) is 0 Å². The van der Waals surface area contributed by atoms with E-state index < -0.39 is 35.9 Å². The van der Waals surface area contributed by atoms with Crippen molar-refractivity contribution in [2.45, 2.75) is 164 Å². The quantitative estimate of drug-likeness (QED) is 0.0778. The maximum atomic E-state index is 12.8. The highest BCUT2D eigenvalue weighted by molar-refractivity contribution is 7.80. The molecular formula is C42H72N4O8S. The number of esters is 1. The van der Waals surface area contributed by atoms with Crippen LogP contribution in [0.1, 0.15) is 121 Å². The molecule has 7 atom stereocenters. The van der Waals surface area contributed by atoms with E-state index in [1.807, 2.05) is 59.7 Å². The lowest BCUT2D eigenvalue weighted by Crippen LogP contribution is -2.53. The molecule has 1 aromatic rings. The highest BCUT2D eigenvalue weighted by Gasteiger charge is 2.36. The van der Waals surface area contributed by atoms with E-state index in [2.05, 4.69) is 59.9 Å². The Balaban J connectivity index is 0.000000566. The summed E-state index contributed by atoms with van der Waals surface area (Å²) in [6, 6.07) is 8.48. The summed E-state index contributed by atoms with van der Waals surface area (Å²) in [6.07, 6.45) is 1.56. The smallest absolute Gasteiger partial charge is 0.407 e. The fraction of sp³-hybridized carbons (Fsp3) is 0.738. The van der Waals surface area contributed by atoms with Crippen LogP contribution >= 0.6 is 12.6 Å². The fourth-order valence-corrected chi connectivity index (χ4v) is 6.44. The number of rotatable bonds is 18. The van der Waals surface area contributed by atoms with E-state index in [4.69, 9.17) is 9.47 Å². The summed E-state index contributed by atoms with van der Waals surface area (Å²) in [5.74, 6) is 0.231. The molecule has 0 aliphatic carbocycles. The second kappa shape index (κ2) is 24.3. The van der Waals surface area contributed by atoms with Gasteiger partial charge in [0, 0.05) is 24.8 Å². The van der Waals surface area contributed by atoms with E-state index in [-0.39, 0.29) is 65.9 Å². The van der Waals surface area contributed by atoms with Crippen LogP contribution in [0.2, 0.25) is 0 Å². The molecule has 5 N–H and O–H groups in total. The third-order valence-corrected chi connectivity index (χ3v) is 9.50. The first kappa shape index (κ1) is 49.7. The highest BCUT2D eigenvalue weighted by Crippen LogP contribution is 2.29. The van der Waals surface area contributed by atoms with Crippen molar-refractivity contribution in [3.63, 3.8) is 0 Å². The standard InChI is InChI=1S/C22H43N3O5S.C20H29NO3/c1-13(2)11-18(15(5)26)24-20(28)16(9-10-31)23-19(27)12-17(14(3)4)25-21(29)30-22(6,7)8;1-13(2)19(21-20(23)14(3)4)17-11-16(12-18(22)24-17)10-15-8-6-5-7-9-15/h13-18,26,31H,9-12H2,1-8H3,(H,23,27)(H,24,28)(H,25,29);5-9,13-14,16-17,19H,10-12H2,1-4H3,(H,21,23)/t15-,16-,17+,18-;16-,17+,19+/m01/s1. The molecule has 13 heteroatoms. The van der Waals surface area contributed by atoms with E-state index in [0.29, 0.717) is 30.9 Å². The fourth-order valence-electron chi connectivity index (χ4n) is 6.19. The number of cyclic esters (lactones) is 1. The SMILES string of the molecule is CC(C)C(=O)N[C@@H](C(C)C)[C@@H]1C[C@@H](Cc2ccccc2)CC(=O)O1.CC(C)C[C@H](NC(=O)[C@H](CCS)NC(=O)C[C@@H](NC(=O)OC(C)(C)C)C(C)C)[C@H](C)O. The number of thiol groups is 1. The van der Waals surface area contributed by atoms with Gasteiger partial charge in [-0.25, -0.2) is 4.79 Å². The Morgan fingerprint density at radius 1 is 0.873 bits per heavy atom. The molecule has 1 heterocycles. The number of hydrogen-bond acceptors (Lipinski definition) is 9. The number of alkyl carbamates (subject to hydrolysis) is 1. The average molecular weight is 793 g/mol. The third-order valence-electron chi connectivity index (χ3n) is 9.24. The van der Waals surface area contributed by atoms with Crippen molar-refractivity contribution in [1.29, 1.82) is 0 Å². The van der Waals surface area contributed by atoms with Crippen molar-refractivity contribution < 1.29 is 38.6 Å². The monoisotopic (exact) mass is 793 g/mol. The molecule has 314 valence electrons. The van der Waals surface area contributed by atoms with Crippen molar-refractivity contribution in [2.75, 3.05) is 5.75 Å². The molecule has 0 radical (unpaired) electrons. The van der Waals surface area contributed by atoms with Crippen LogP contribution in [-0.2, 0) is 35.1 Å². The minimum atomic E-state index is -0.771. The molecular weight excluding hydrogens is 721 g/mol. The van der Waals surface area contributed by atoms with Gasteiger partial charge in [-0.2, -0.15) is 12.6 Å². The molecule has 1 aliphatic rings. The number of aliphatic hydroxyl groups excluding tert-OH is 1. The van der Waals surface area contributed by atoms with Gasteiger partial charge in [0.25, 0.3) is 0 Å². The summed E-state index contributed by atoms with van der Waals surface area (Å²) in [6.45, 7) is 22.6. The molecule has 55 heavy (non-hydrogen) atoms. The maximum absolute atomic E-state index is 12.8. The number of hydrogen-bond donors (Lipinski definition) is 6. The van der Waals surface area contributed by atoms with Gasteiger partial charge in [-0.05, 0) is 88.4 Å². The van der Waals surface area contributed by atoms with Gasteiger partial charge in [-0.3, -0.25) is 19.2 Å². The van der Waals surface area contributed by atoms with E-state index in [9.17, 15) is 29.1 Å². The summed E-state index contributed by atoms with van der Waals surface area (Å²) in [5.41, 5.74) is 0.600. The molecule has 1 aromatic carbocycles. The van der Waals surface area contributed by atoms with E-state index in [1.165, 1.54) is 5.56 Å². The van der Waals surface area contributed by atoms with Crippen LogP contribution in [-0.4, -0.2) is 82.6 Å². The zero-order valence-corrected chi connectivity index (χ0v) is 36.3. The lowest BCUT2D eigenvalue weighted by atomic mass is 9.84. The zero-order chi connectivity index (χ0) is 42.0. The molecule has 0 saturated carbocycles. The lowest BCUT2D eigenvalue weighted by molar-refractivity contribution is -0.160. The molecule has 4 amide bonds. The van der Waals surface area contributed by atoms with Crippen LogP contribution in [0, 0.1) is 29.6 Å². The first-order valence-electron chi connectivity index (χ1n) is 19.9. The second-order valence-electron chi connectivity index (χ2n) is 17.3. The molecule has 0 aromatic heterocycles. The van der Waals surface area contributed by atoms with Crippen LogP contribution in [0.4, 0.5) is 4.79 Å². The Morgan fingerprint density at radius 3 is 1.98 bits per heavy atom. The van der Waals surface area contributed by atoms with Crippen molar-refractivity contribution in [1.82, 2.24) is 21.3 Å². The number of nitrogens with one attached hydrogen (secondary N) is 4. The number of aliphatic hydroxyl groups is 1. The lowest BCUT2D eigenvalue weighted by Gasteiger charge is -2.36. The van der Waals surface area contributed by atoms with Gasteiger partial charge >= 0.3 is 12.1 Å². The Labute approximate surface area is 336 Å². The molecule has 12 nitrogen and oxygen atoms in total. The van der Waals surface area contributed by atoms with Gasteiger partial charge < -0.3 is 35.8 Å². The van der Waals surface area contributed by atoms with Gasteiger partial charge in [0.15, 0.2) is 0 Å². The van der Waals surface area contributed by atoms with E-state index in [0.717, 1.165) is 12.8 Å². The molecule has 1 saturated heterocycles. The third kappa shape index (κ3) is 20.4. The van der Waals surface area contributed by atoms with Gasteiger partial charge in [0.05, 0.1) is 18.2 Å². The number of benzene rings is 1. The predicted octanol–water partition coefficient (Wildman–Crippen LogP) is 5.99. The Hall–Kier alpha value is -3.32. The van der Waals surface area contributed by atoms with Crippen LogP contribution in [0.5, 0.6) is 0 Å². The molecule has 1 fully saturated rings. The first-order chi connectivity index (χ1) is 25.5. The predicted molar refractivity (Wildman–Crippen MR) is 220 cm³/mol. The van der Waals surface area contributed by atoms with Gasteiger partial charge in [-0.1, -0.05) is 85.7 Å². The topological polar surface area (TPSA) is 172 Å². The van der Waals surface area contributed by atoms with Crippen LogP contribution in [0.15, 0.2) is 30.3 Å². The normalized spacial score (nSPS) is 18.6. The van der Waals surface area contributed by atoms with E-state index >= 15 is 0 Å². The zero-order valence-electron chi connectivity index (χ0n) is 35.4. The highest BCUT2D eigenvalue weighted by atomic mass is 32.1. The van der Waals surface area contributed by atoms with Crippen LogP contribution < -0.4 is 21.3 Å². The Morgan fingerprint density at radius 2 is 1.49 bits per heavy atom. The molecule has 0 spiro atoms. The first-order valence-corrected chi connectivity index (χ1v) is 20.6. The van der Waals surface area contributed by atoms with Gasteiger partial charge in [0.2, 0.25) is 17.7 Å². The van der Waals surface area contributed by atoms with Crippen molar-refractivity contribution >= 4 is 42.4 Å². The van der Waals surface area contributed by atoms with Crippen LogP contribution in [0.25, 0.3) is 0 Å². The maximum Gasteiger partial charge on any atom is 0.407 e. The summed E-state index contributed by atoms with van der Waals surface area (Å²) < 4.78 is 10.9. The van der Waals surface area contributed by atoms with Crippen molar-refractivity contribution in [3.8, 4) is 0 Å². The molecule has 2 rings (SSSR count). The Bertz CT molecular complexity index is 1330. The average Bonchev–Trinajstić information content (AvgIpc) is 3.05. The molecule has 0 bridgehead atoms. The van der Waals surface area contributed by atoms with Gasteiger partial charge in [0.1, 0.15) is 17.7 Å². The van der Waals surface area contributed by atoms with Crippen LogP contribution in [0.3, 0.4) is 0 Å². The number of ether oxygens (including phenoxy) is 2. The minimum absolute atomic E-state index is 0.00920. The summed E-state index contributed by atoms with van der Waals surface area (Å²) in [4.78, 5) is 61.7. The molecule has 1 aliphatic heterocycles. The minimum Gasteiger partial charge on any atom is -0.460 e. The summed E-state index contributed by atoms with van der Waals surface area (Å²) in [7, 11) is 0. The summed E-state index contributed by atoms with van der Waals surface area (Å²) >= 11 is 4.20. The number of carbonyl (C=O) groups is 5. The van der Waals surface area contributed by atoms with E-state index in [1.54, 1.807) is 27.7 Å². The van der Waals surface area contributed by atoms with Crippen molar-refractivity contribution in [3.05, 3.63) is 35.9 Å².